The first-order valence-corrected chi connectivity index (χ1v) is 10.4. The maximum Gasteiger partial charge on any atom is 0.324 e. The molecule has 21 heavy (non-hydrogen) atoms. The summed E-state index contributed by atoms with van der Waals surface area (Å²) in [5.74, 6) is -1.65. The molecular weight excluding hydrogens is 318 g/mol. The van der Waals surface area contributed by atoms with Crippen molar-refractivity contribution in [2.45, 2.75) is 49.8 Å². The molecule has 2 aliphatic rings. The molecule has 9 heteroatoms. The van der Waals surface area contributed by atoms with E-state index in [0.29, 0.717) is 6.42 Å². The number of sulfone groups is 1. The lowest BCUT2D eigenvalue weighted by molar-refractivity contribution is -0.146. The molecule has 7 nitrogen and oxygen atoms in total. The number of carboxylic acid groups (broad SMARTS) is 1. The van der Waals surface area contributed by atoms with Gasteiger partial charge in [0.15, 0.2) is 9.84 Å². The zero-order valence-electron chi connectivity index (χ0n) is 11.9. The Morgan fingerprint density at radius 3 is 2.48 bits per heavy atom. The number of rotatable bonds is 4. The summed E-state index contributed by atoms with van der Waals surface area (Å²) in [5.41, 5.74) is -1.50. The number of aliphatic carboxylic acids is 1. The zero-order valence-corrected chi connectivity index (χ0v) is 13.5. The van der Waals surface area contributed by atoms with E-state index in [1.54, 1.807) is 0 Å². The fourth-order valence-corrected chi connectivity index (χ4v) is 7.69. The van der Waals surface area contributed by atoms with Crippen LogP contribution < -0.4 is 4.72 Å². The van der Waals surface area contributed by atoms with Crippen molar-refractivity contribution in [3.05, 3.63) is 0 Å². The van der Waals surface area contributed by atoms with E-state index >= 15 is 0 Å². The highest BCUT2D eigenvalue weighted by atomic mass is 32.2. The molecular formula is C12H21NO6S2. The quantitative estimate of drug-likeness (QED) is 0.751. The number of hydrogen-bond acceptors (Lipinski definition) is 5. The van der Waals surface area contributed by atoms with Gasteiger partial charge in [-0.05, 0) is 25.2 Å². The van der Waals surface area contributed by atoms with Gasteiger partial charge in [-0.25, -0.2) is 16.8 Å². The largest absolute Gasteiger partial charge is 0.480 e. The molecule has 0 aromatic carbocycles. The van der Waals surface area contributed by atoms with Crippen LogP contribution in [0.5, 0.6) is 0 Å². The van der Waals surface area contributed by atoms with E-state index in [9.17, 15) is 26.7 Å². The highest BCUT2D eigenvalue weighted by Gasteiger charge is 2.48. The van der Waals surface area contributed by atoms with Crippen LogP contribution in [0.25, 0.3) is 0 Å². The number of sulfonamides is 1. The minimum atomic E-state index is -3.97. The summed E-state index contributed by atoms with van der Waals surface area (Å²) >= 11 is 0. The number of hydrogen-bond donors (Lipinski definition) is 2. The Kier molecular flexibility index (Phi) is 4.38. The summed E-state index contributed by atoms with van der Waals surface area (Å²) in [6.07, 6.45) is 2.02. The molecule has 2 fully saturated rings. The van der Waals surface area contributed by atoms with Crippen LogP contribution in [0.2, 0.25) is 0 Å². The van der Waals surface area contributed by atoms with Gasteiger partial charge in [0, 0.05) is 0 Å². The summed E-state index contributed by atoms with van der Waals surface area (Å²) in [6.45, 7) is 1.89. The minimum absolute atomic E-state index is 0.0307. The molecule has 1 aliphatic carbocycles. The lowest BCUT2D eigenvalue weighted by Gasteiger charge is -2.37. The first-order chi connectivity index (χ1) is 9.56. The van der Waals surface area contributed by atoms with Crippen LogP contribution in [0.3, 0.4) is 0 Å². The standard InChI is InChI=1S/C12H21NO6S2/c1-9-3-2-5-12(7-9,11(14)15)13-21(18,19)10-4-6-20(16,17)8-10/h9-10,13H,2-8H2,1H3,(H,14,15). The monoisotopic (exact) mass is 339 g/mol. The van der Waals surface area contributed by atoms with E-state index in [1.807, 2.05) is 6.92 Å². The van der Waals surface area contributed by atoms with Crippen molar-refractivity contribution in [2.75, 3.05) is 11.5 Å². The number of nitrogens with one attached hydrogen (secondary N) is 1. The van der Waals surface area contributed by atoms with Gasteiger partial charge in [0.1, 0.15) is 5.54 Å². The summed E-state index contributed by atoms with van der Waals surface area (Å²) in [4.78, 5) is 11.6. The predicted octanol–water partition coefficient (Wildman–Crippen LogP) is 0.126. The molecule has 3 atom stereocenters. The molecule has 0 aromatic heterocycles. The Morgan fingerprint density at radius 2 is 2.00 bits per heavy atom. The Bertz CT molecular complexity index is 626. The van der Waals surface area contributed by atoms with Crippen molar-refractivity contribution >= 4 is 25.8 Å². The molecule has 122 valence electrons. The van der Waals surface area contributed by atoms with E-state index in [0.717, 1.165) is 6.42 Å². The molecule has 2 N–H and O–H groups in total. The molecule has 3 unspecified atom stereocenters. The molecule has 0 bridgehead atoms. The molecule has 0 aromatic rings. The van der Waals surface area contributed by atoms with Crippen LogP contribution in [0, 0.1) is 5.92 Å². The van der Waals surface area contributed by atoms with Crippen LogP contribution in [0.4, 0.5) is 0 Å². The summed E-state index contributed by atoms with van der Waals surface area (Å²) in [7, 11) is -7.30. The second-order valence-corrected chi connectivity index (χ2v) is 10.5. The third kappa shape index (κ3) is 3.57. The third-order valence-corrected chi connectivity index (χ3v) is 8.31. The highest BCUT2D eigenvalue weighted by Crippen LogP contribution is 2.34. The van der Waals surface area contributed by atoms with E-state index in [-0.39, 0.29) is 30.9 Å². The second kappa shape index (κ2) is 5.51. The van der Waals surface area contributed by atoms with E-state index in [1.165, 1.54) is 0 Å². The number of carboxylic acids is 1. The van der Waals surface area contributed by atoms with Gasteiger partial charge in [0.25, 0.3) is 0 Å². The van der Waals surface area contributed by atoms with E-state index in [2.05, 4.69) is 4.72 Å². The molecule has 0 radical (unpaired) electrons. The molecule has 0 spiro atoms. The van der Waals surface area contributed by atoms with Crippen molar-refractivity contribution in [3.8, 4) is 0 Å². The van der Waals surface area contributed by atoms with Gasteiger partial charge in [0.2, 0.25) is 10.0 Å². The van der Waals surface area contributed by atoms with E-state index in [4.69, 9.17) is 0 Å². The smallest absolute Gasteiger partial charge is 0.324 e. The average Bonchev–Trinajstić information content (AvgIpc) is 2.69. The van der Waals surface area contributed by atoms with Crippen LogP contribution in [0.15, 0.2) is 0 Å². The third-order valence-electron chi connectivity index (χ3n) is 4.37. The molecule has 1 heterocycles. The maximum absolute atomic E-state index is 12.4. The maximum atomic E-state index is 12.4. The van der Waals surface area contributed by atoms with Gasteiger partial charge >= 0.3 is 5.97 Å². The van der Waals surface area contributed by atoms with Gasteiger partial charge in [0.05, 0.1) is 16.8 Å². The Balaban J connectivity index is 2.22. The molecule has 1 saturated carbocycles. The molecule has 1 saturated heterocycles. The van der Waals surface area contributed by atoms with Crippen molar-refractivity contribution in [2.24, 2.45) is 5.92 Å². The lowest BCUT2D eigenvalue weighted by atomic mass is 9.77. The van der Waals surface area contributed by atoms with Crippen molar-refractivity contribution < 1.29 is 26.7 Å². The van der Waals surface area contributed by atoms with Gasteiger partial charge < -0.3 is 5.11 Å². The summed E-state index contributed by atoms with van der Waals surface area (Å²) < 4.78 is 49.9. The van der Waals surface area contributed by atoms with Gasteiger partial charge in [-0.2, -0.15) is 4.72 Å². The fraction of sp³-hybridized carbons (Fsp3) is 0.917. The van der Waals surface area contributed by atoms with Crippen LogP contribution in [-0.4, -0.2) is 50.2 Å². The van der Waals surface area contributed by atoms with Gasteiger partial charge in [-0.15, -0.1) is 0 Å². The molecule has 2 rings (SSSR count). The SMILES string of the molecule is CC1CCCC(NS(=O)(=O)C2CCS(=O)(=O)C2)(C(=O)O)C1. The Hall–Kier alpha value is -0.670. The summed E-state index contributed by atoms with van der Waals surface area (Å²) in [5, 5.41) is 8.42. The Labute approximate surface area is 125 Å². The normalized spacial score (nSPS) is 36.4. The van der Waals surface area contributed by atoms with Crippen LogP contribution >= 0.6 is 0 Å². The average molecular weight is 339 g/mol. The highest BCUT2D eigenvalue weighted by molar-refractivity contribution is 7.95. The predicted molar refractivity (Wildman–Crippen MR) is 77.1 cm³/mol. The Morgan fingerprint density at radius 1 is 1.33 bits per heavy atom. The number of carbonyl (C=O) groups is 1. The van der Waals surface area contributed by atoms with Gasteiger partial charge in [-0.1, -0.05) is 19.8 Å². The van der Waals surface area contributed by atoms with Crippen LogP contribution in [0.1, 0.15) is 39.0 Å². The van der Waals surface area contributed by atoms with Crippen molar-refractivity contribution in [1.29, 1.82) is 0 Å². The zero-order chi connectivity index (χ0) is 15.9. The molecule has 0 amide bonds. The van der Waals surface area contributed by atoms with Crippen molar-refractivity contribution in [1.82, 2.24) is 4.72 Å². The summed E-state index contributed by atoms with van der Waals surface area (Å²) in [6, 6.07) is 0. The fourth-order valence-electron chi connectivity index (χ4n) is 3.24. The van der Waals surface area contributed by atoms with Crippen LogP contribution in [-0.2, 0) is 24.7 Å². The van der Waals surface area contributed by atoms with Crippen molar-refractivity contribution in [3.63, 3.8) is 0 Å². The first-order valence-electron chi connectivity index (χ1n) is 7.03. The first kappa shape index (κ1) is 16.7. The van der Waals surface area contributed by atoms with Gasteiger partial charge in [-0.3, -0.25) is 4.79 Å². The minimum Gasteiger partial charge on any atom is -0.480 e. The van der Waals surface area contributed by atoms with E-state index < -0.39 is 42.4 Å². The lowest BCUT2D eigenvalue weighted by Crippen LogP contribution is -2.58. The topological polar surface area (TPSA) is 118 Å². The second-order valence-electron chi connectivity index (χ2n) is 6.26. The molecule has 1 aliphatic heterocycles.